The molecular formula is C6H11N2. The Morgan fingerprint density at radius 2 is 2.12 bits per heavy atom. The molecule has 45 valence electrons. The number of rotatable bonds is 0. The van der Waals surface area contributed by atoms with Gasteiger partial charge in [-0.3, -0.25) is 0 Å². The molecule has 0 aliphatic carbocycles. The molecule has 0 N–H and O–H groups in total. The van der Waals surface area contributed by atoms with Gasteiger partial charge in [-0.1, -0.05) is 0 Å². The van der Waals surface area contributed by atoms with Crippen molar-refractivity contribution < 1.29 is 0 Å². The lowest BCUT2D eigenvalue weighted by atomic mass is 10.0. The number of hydrogen-bond donors (Lipinski definition) is 0. The van der Waals surface area contributed by atoms with Gasteiger partial charge in [0, 0.05) is 12.1 Å². The second-order valence-electron chi connectivity index (χ2n) is 2.92. The molecule has 1 rings (SSSR count). The van der Waals surface area contributed by atoms with Crippen molar-refractivity contribution in [3.8, 4) is 0 Å². The van der Waals surface area contributed by atoms with Crippen LogP contribution in [-0.4, -0.2) is 11.3 Å². The molecular weight excluding hydrogens is 100 g/mol. The van der Waals surface area contributed by atoms with Crippen LogP contribution in [0.3, 0.4) is 0 Å². The van der Waals surface area contributed by atoms with Gasteiger partial charge in [-0.25, -0.2) is 0 Å². The van der Waals surface area contributed by atoms with Crippen LogP contribution in [0.15, 0.2) is 5.10 Å². The Hall–Kier alpha value is -0.530. The van der Waals surface area contributed by atoms with E-state index in [0.717, 1.165) is 12.1 Å². The first kappa shape index (κ1) is 5.60. The third-order valence-corrected chi connectivity index (χ3v) is 1.18. The Kier molecular flexibility index (Phi) is 1.03. The van der Waals surface area contributed by atoms with E-state index in [1.54, 1.807) is 0 Å². The summed E-state index contributed by atoms with van der Waals surface area (Å²) >= 11 is 0. The van der Waals surface area contributed by atoms with Gasteiger partial charge in [0.2, 0.25) is 0 Å². The summed E-state index contributed by atoms with van der Waals surface area (Å²) in [5, 5.41) is 3.93. The molecule has 0 saturated heterocycles. The highest BCUT2D eigenvalue weighted by Gasteiger charge is 2.24. The maximum atomic E-state index is 4.04. The van der Waals surface area contributed by atoms with Crippen LogP contribution in [-0.2, 0) is 0 Å². The molecule has 0 aromatic heterocycles. The molecule has 2 nitrogen and oxygen atoms in total. The fourth-order valence-corrected chi connectivity index (χ4v) is 0.918. The van der Waals surface area contributed by atoms with Crippen molar-refractivity contribution in [3.05, 3.63) is 0 Å². The summed E-state index contributed by atoms with van der Waals surface area (Å²) in [6.45, 7) is 6.19. The maximum absolute atomic E-state index is 4.04. The van der Waals surface area contributed by atoms with Gasteiger partial charge >= 0.3 is 0 Å². The minimum absolute atomic E-state index is 0.0874. The molecule has 1 aliphatic heterocycles. The average Bonchev–Trinajstić information content (AvgIpc) is 1.82. The third-order valence-electron chi connectivity index (χ3n) is 1.18. The zero-order chi connectivity index (χ0) is 6.20. The van der Waals surface area contributed by atoms with Gasteiger partial charge in [-0.15, -0.1) is 0 Å². The van der Waals surface area contributed by atoms with Crippen molar-refractivity contribution in [2.75, 3.05) is 0 Å². The summed E-state index contributed by atoms with van der Waals surface area (Å²) in [7, 11) is 0. The van der Waals surface area contributed by atoms with E-state index in [9.17, 15) is 0 Å². The van der Waals surface area contributed by atoms with E-state index in [1.807, 2.05) is 6.92 Å². The van der Waals surface area contributed by atoms with Crippen LogP contribution < -0.4 is 5.43 Å². The third kappa shape index (κ3) is 0.997. The molecule has 2 heteroatoms. The Morgan fingerprint density at radius 1 is 1.50 bits per heavy atom. The van der Waals surface area contributed by atoms with Crippen molar-refractivity contribution in [1.82, 2.24) is 5.43 Å². The molecule has 0 bridgehead atoms. The zero-order valence-electron chi connectivity index (χ0n) is 5.60. The van der Waals surface area contributed by atoms with Crippen LogP contribution in [0.5, 0.6) is 0 Å². The van der Waals surface area contributed by atoms with Crippen LogP contribution in [0.25, 0.3) is 0 Å². The fraction of sp³-hybridized carbons (Fsp3) is 0.833. The summed E-state index contributed by atoms with van der Waals surface area (Å²) in [4.78, 5) is 0. The monoisotopic (exact) mass is 111 g/mol. The van der Waals surface area contributed by atoms with Crippen LogP contribution >= 0.6 is 0 Å². The van der Waals surface area contributed by atoms with Crippen molar-refractivity contribution in [2.24, 2.45) is 5.10 Å². The second kappa shape index (κ2) is 1.47. The van der Waals surface area contributed by atoms with Crippen LogP contribution in [0.2, 0.25) is 0 Å². The lowest BCUT2D eigenvalue weighted by Gasteiger charge is -2.11. The quantitative estimate of drug-likeness (QED) is 0.448. The van der Waals surface area contributed by atoms with Gasteiger partial charge in [-0.05, 0) is 20.8 Å². The molecule has 0 amide bonds. The first-order valence-electron chi connectivity index (χ1n) is 2.85. The van der Waals surface area contributed by atoms with E-state index in [1.165, 1.54) is 0 Å². The summed E-state index contributed by atoms with van der Waals surface area (Å²) < 4.78 is 0. The molecule has 0 saturated carbocycles. The highest BCUT2D eigenvalue weighted by Crippen LogP contribution is 2.16. The topological polar surface area (TPSA) is 26.5 Å². The smallest absolute Gasteiger partial charge is 0.0816 e. The normalized spacial score (nSPS) is 24.6. The molecule has 8 heavy (non-hydrogen) atoms. The Labute approximate surface area is 50.0 Å². The van der Waals surface area contributed by atoms with Crippen LogP contribution in [0.1, 0.15) is 27.2 Å². The van der Waals surface area contributed by atoms with Gasteiger partial charge in [0.25, 0.3) is 0 Å². The highest BCUT2D eigenvalue weighted by molar-refractivity contribution is 5.84. The Balaban J connectivity index is 2.55. The van der Waals surface area contributed by atoms with E-state index >= 15 is 0 Å². The second-order valence-corrected chi connectivity index (χ2v) is 2.92. The number of hydrogen-bond acceptors (Lipinski definition) is 1. The van der Waals surface area contributed by atoms with Gasteiger partial charge in [-0.2, -0.15) is 10.5 Å². The standard InChI is InChI=1S/C6H11N2/c1-5-4-6(2,3)8-7-5/h4H2,1-3H3. The largest absolute Gasteiger partial charge is 0.183 e. The molecule has 0 unspecified atom stereocenters. The molecule has 1 aliphatic rings. The summed E-state index contributed by atoms with van der Waals surface area (Å²) in [6.07, 6.45) is 1.02. The van der Waals surface area contributed by atoms with E-state index in [0.29, 0.717) is 0 Å². The molecule has 1 radical (unpaired) electrons. The Morgan fingerprint density at radius 3 is 2.25 bits per heavy atom. The van der Waals surface area contributed by atoms with Crippen molar-refractivity contribution in [1.29, 1.82) is 0 Å². The highest BCUT2D eigenvalue weighted by atomic mass is 15.3. The minimum atomic E-state index is 0.0874. The van der Waals surface area contributed by atoms with Crippen molar-refractivity contribution >= 4 is 5.71 Å². The van der Waals surface area contributed by atoms with Crippen molar-refractivity contribution in [3.63, 3.8) is 0 Å². The molecule has 0 aromatic carbocycles. The van der Waals surface area contributed by atoms with Crippen molar-refractivity contribution in [2.45, 2.75) is 32.7 Å². The predicted molar refractivity (Wildman–Crippen MR) is 33.9 cm³/mol. The van der Waals surface area contributed by atoms with Crippen LogP contribution in [0.4, 0.5) is 0 Å². The minimum Gasteiger partial charge on any atom is -0.183 e. The SMILES string of the molecule is CC1=N[N]C(C)(C)C1. The van der Waals surface area contributed by atoms with Crippen LogP contribution in [0, 0.1) is 0 Å². The zero-order valence-corrected chi connectivity index (χ0v) is 5.60. The van der Waals surface area contributed by atoms with E-state index in [4.69, 9.17) is 0 Å². The summed E-state index contributed by atoms with van der Waals surface area (Å²) in [6, 6.07) is 0. The molecule has 1 heterocycles. The van der Waals surface area contributed by atoms with E-state index < -0.39 is 0 Å². The molecule has 0 atom stereocenters. The summed E-state index contributed by atoms with van der Waals surface area (Å²) in [5.74, 6) is 0. The van der Waals surface area contributed by atoms with Gasteiger partial charge in [0.15, 0.2) is 0 Å². The average molecular weight is 111 g/mol. The van der Waals surface area contributed by atoms with Gasteiger partial charge < -0.3 is 0 Å². The lowest BCUT2D eigenvalue weighted by molar-refractivity contribution is 0.436. The maximum Gasteiger partial charge on any atom is 0.0816 e. The predicted octanol–water partition coefficient (Wildman–Crippen LogP) is 1.15. The van der Waals surface area contributed by atoms with E-state index in [2.05, 4.69) is 24.4 Å². The first-order valence-corrected chi connectivity index (χ1v) is 2.85. The fourth-order valence-electron chi connectivity index (χ4n) is 0.918. The lowest BCUT2D eigenvalue weighted by Crippen LogP contribution is -2.25. The number of nitrogens with zero attached hydrogens (tertiary/aromatic N) is 2. The van der Waals surface area contributed by atoms with Gasteiger partial charge in [0.1, 0.15) is 0 Å². The molecule has 0 fully saturated rings. The first-order chi connectivity index (χ1) is 3.60. The molecule has 0 aromatic rings. The Bertz CT molecular complexity index is 124. The van der Waals surface area contributed by atoms with Gasteiger partial charge in [0.05, 0.1) is 5.54 Å². The summed E-state index contributed by atoms with van der Waals surface area (Å²) in [5.41, 5.74) is 5.27. The molecule has 0 spiro atoms. The van der Waals surface area contributed by atoms with E-state index in [-0.39, 0.29) is 5.54 Å².